The summed E-state index contributed by atoms with van der Waals surface area (Å²) < 4.78 is 7.58. The number of hydrogen-bond acceptors (Lipinski definition) is 10. The van der Waals surface area contributed by atoms with Gasteiger partial charge in [-0.15, -0.1) is 10.2 Å². The normalized spacial score (nSPS) is 14.5. The second-order valence-electron chi connectivity index (χ2n) is 7.40. The van der Waals surface area contributed by atoms with Crippen molar-refractivity contribution in [3.8, 4) is 5.75 Å². The molecule has 0 saturated heterocycles. The molecular formula is C20H27N9OS. The Kier molecular flexibility index (Phi) is 6.70. The van der Waals surface area contributed by atoms with E-state index in [4.69, 9.17) is 16.2 Å². The number of anilines is 3. The number of benzene rings is 1. The predicted octanol–water partition coefficient (Wildman–Crippen LogP) is 3.05. The lowest BCUT2D eigenvalue weighted by Gasteiger charge is -2.25. The van der Waals surface area contributed by atoms with Crippen LogP contribution in [0.4, 0.5) is 17.6 Å². The molecule has 0 spiro atoms. The number of aromatic nitrogens is 6. The molecule has 11 heteroatoms. The lowest BCUT2D eigenvalue weighted by Crippen LogP contribution is -2.18. The number of rotatable bonds is 8. The third-order valence-electron chi connectivity index (χ3n) is 5.24. The molecule has 1 fully saturated rings. The standard InChI is InChI=1S/C20H27N9OS/c1-30-15-9-5-6-13(10-15)23-11-17-27-28-20(29(17)14-7-3-2-4-8-14)31-12-16-24-18(21)26-19(22)25-16/h5-6,9-10,14,23H,2-4,7-8,11-12H2,1H3,(H4,21,22,24,25,26). The highest BCUT2D eigenvalue weighted by Gasteiger charge is 2.23. The summed E-state index contributed by atoms with van der Waals surface area (Å²) in [6.45, 7) is 0.572. The first kappa shape index (κ1) is 21.2. The molecule has 1 aliphatic carbocycles. The van der Waals surface area contributed by atoms with Crippen molar-refractivity contribution in [1.82, 2.24) is 29.7 Å². The molecule has 31 heavy (non-hydrogen) atoms. The van der Waals surface area contributed by atoms with E-state index in [0.717, 1.165) is 35.3 Å². The maximum absolute atomic E-state index is 5.69. The lowest BCUT2D eigenvalue weighted by molar-refractivity contribution is 0.330. The summed E-state index contributed by atoms with van der Waals surface area (Å²) in [5.74, 6) is 2.99. The summed E-state index contributed by atoms with van der Waals surface area (Å²) in [4.78, 5) is 12.2. The summed E-state index contributed by atoms with van der Waals surface area (Å²) in [5.41, 5.74) is 12.4. The number of ether oxygens (including phenoxy) is 1. The molecule has 164 valence electrons. The van der Waals surface area contributed by atoms with Crippen molar-refractivity contribution in [3.63, 3.8) is 0 Å². The van der Waals surface area contributed by atoms with Gasteiger partial charge in [0.25, 0.3) is 0 Å². The zero-order chi connectivity index (χ0) is 21.6. The Hall–Kier alpha value is -3.08. The van der Waals surface area contributed by atoms with E-state index in [0.29, 0.717) is 24.2 Å². The van der Waals surface area contributed by atoms with Crippen LogP contribution in [-0.4, -0.2) is 36.8 Å². The molecule has 10 nitrogen and oxygen atoms in total. The molecule has 0 atom stereocenters. The third-order valence-corrected chi connectivity index (χ3v) is 6.18. The van der Waals surface area contributed by atoms with E-state index in [-0.39, 0.29) is 11.9 Å². The Morgan fingerprint density at radius 3 is 2.61 bits per heavy atom. The summed E-state index contributed by atoms with van der Waals surface area (Å²) >= 11 is 1.54. The van der Waals surface area contributed by atoms with Gasteiger partial charge in [-0.05, 0) is 25.0 Å². The van der Waals surface area contributed by atoms with Crippen LogP contribution in [0, 0.1) is 0 Å². The molecule has 1 saturated carbocycles. The molecule has 0 bridgehead atoms. The fourth-order valence-electron chi connectivity index (χ4n) is 3.80. The van der Waals surface area contributed by atoms with Crippen molar-refractivity contribution in [2.24, 2.45) is 0 Å². The average molecular weight is 442 g/mol. The second-order valence-corrected chi connectivity index (χ2v) is 8.35. The van der Waals surface area contributed by atoms with Crippen LogP contribution in [0.15, 0.2) is 29.4 Å². The lowest BCUT2D eigenvalue weighted by atomic mass is 9.95. The van der Waals surface area contributed by atoms with Crippen molar-refractivity contribution < 1.29 is 4.74 Å². The topological polar surface area (TPSA) is 143 Å². The molecule has 2 heterocycles. The Labute approximate surface area is 185 Å². The molecule has 1 aromatic carbocycles. The van der Waals surface area contributed by atoms with Gasteiger partial charge in [-0.25, -0.2) is 0 Å². The zero-order valence-corrected chi connectivity index (χ0v) is 18.3. The van der Waals surface area contributed by atoms with Crippen LogP contribution in [0.3, 0.4) is 0 Å². The predicted molar refractivity (Wildman–Crippen MR) is 121 cm³/mol. The van der Waals surface area contributed by atoms with Crippen LogP contribution in [0.2, 0.25) is 0 Å². The van der Waals surface area contributed by atoms with Gasteiger partial charge in [0.05, 0.1) is 19.4 Å². The monoisotopic (exact) mass is 441 g/mol. The van der Waals surface area contributed by atoms with Gasteiger partial charge in [0.15, 0.2) is 11.0 Å². The van der Waals surface area contributed by atoms with Crippen molar-refractivity contribution in [3.05, 3.63) is 35.9 Å². The molecule has 0 aliphatic heterocycles. The van der Waals surface area contributed by atoms with Crippen LogP contribution in [0.25, 0.3) is 0 Å². The third kappa shape index (κ3) is 5.35. The fourth-order valence-corrected chi connectivity index (χ4v) is 4.68. The van der Waals surface area contributed by atoms with Gasteiger partial charge in [-0.1, -0.05) is 37.1 Å². The number of hydrogen-bond donors (Lipinski definition) is 3. The molecule has 0 radical (unpaired) electrons. The van der Waals surface area contributed by atoms with Crippen molar-refractivity contribution in [1.29, 1.82) is 0 Å². The first-order valence-corrected chi connectivity index (χ1v) is 11.3. The van der Waals surface area contributed by atoms with E-state index >= 15 is 0 Å². The summed E-state index contributed by atoms with van der Waals surface area (Å²) in [5, 5.41) is 13.3. The van der Waals surface area contributed by atoms with Gasteiger partial charge in [0.2, 0.25) is 11.9 Å². The van der Waals surface area contributed by atoms with E-state index in [2.05, 4.69) is 35.0 Å². The summed E-state index contributed by atoms with van der Waals surface area (Å²) in [6.07, 6.45) is 5.97. The molecule has 4 rings (SSSR count). The van der Waals surface area contributed by atoms with Gasteiger partial charge in [-0.3, -0.25) is 0 Å². The highest BCUT2D eigenvalue weighted by molar-refractivity contribution is 7.98. The number of nitrogen functional groups attached to an aromatic ring is 2. The van der Waals surface area contributed by atoms with Gasteiger partial charge in [0, 0.05) is 17.8 Å². The summed E-state index contributed by atoms with van der Waals surface area (Å²) in [6, 6.07) is 8.24. The Morgan fingerprint density at radius 2 is 1.87 bits per heavy atom. The molecule has 0 unspecified atom stereocenters. The molecule has 0 amide bonds. The second kappa shape index (κ2) is 9.82. The number of nitrogens with zero attached hydrogens (tertiary/aromatic N) is 6. The van der Waals surface area contributed by atoms with E-state index in [1.54, 1.807) is 7.11 Å². The maximum atomic E-state index is 5.69. The van der Waals surface area contributed by atoms with E-state index in [1.165, 1.54) is 31.0 Å². The van der Waals surface area contributed by atoms with E-state index in [9.17, 15) is 0 Å². The van der Waals surface area contributed by atoms with Gasteiger partial charge >= 0.3 is 0 Å². The Bertz CT molecular complexity index is 999. The first-order chi connectivity index (χ1) is 15.1. The Morgan fingerprint density at radius 1 is 1.10 bits per heavy atom. The van der Waals surface area contributed by atoms with Gasteiger partial charge in [-0.2, -0.15) is 15.0 Å². The molecule has 2 aromatic heterocycles. The molecule has 5 N–H and O–H groups in total. The minimum Gasteiger partial charge on any atom is -0.497 e. The smallest absolute Gasteiger partial charge is 0.225 e. The number of nitrogens with two attached hydrogens (primary N) is 2. The minimum absolute atomic E-state index is 0.125. The average Bonchev–Trinajstić information content (AvgIpc) is 3.19. The van der Waals surface area contributed by atoms with Crippen LogP contribution in [0.5, 0.6) is 5.75 Å². The Balaban J connectivity index is 1.52. The SMILES string of the molecule is COc1cccc(NCc2nnc(SCc3nc(N)nc(N)n3)n2C2CCCCC2)c1. The number of nitrogens with one attached hydrogen (secondary N) is 1. The highest BCUT2D eigenvalue weighted by atomic mass is 32.2. The molecular weight excluding hydrogens is 414 g/mol. The van der Waals surface area contributed by atoms with E-state index < -0.39 is 0 Å². The first-order valence-electron chi connectivity index (χ1n) is 10.3. The van der Waals surface area contributed by atoms with Crippen molar-refractivity contribution >= 4 is 29.3 Å². The van der Waals surface area contributed by atoms with E-state index in [1.807, 2.05) is 24.3 Å². The molecule has 3 aromatic rings. The van der Waals surface area contributed by atoms with Crippen LogP contribution < -0.4 is 21.5 Å². The quantitative estimate of drug-likeness (QED) is 0.446. The maximum Gasteiger partial charge on any atom is 0.225 e. The van der Waals surface area contributed by atoms with Crippen molar-refractivity contribution in [2.45, 2.75) is 55.6 Å². The highest BCUT2D eigenvalue weighted by Crippen LogP contribution is 2.33. The number of thioether (sulfide) groups is 1. The van der Waals surface area contributed by atoms with Crippen LogP contribution in [-0.2, 0) is 12.3 Å². The van der Waals surface area contributed by atoms with Gasteiger partial charge in [0.1, 0.15) is 11.6 Å². The summed E-state index contributed by atoms with van der Waals surface area (Å²) in [7, 11) is 1.66. The molecule has 1 aliphatic rings. The van der Waals surface area contributed by atoms with Crippen LogP contribution >= 0.6 is 11.8 Å². The zero-order valence-electron chi connectivity index (χ0n) is 17.5. The van der Waals surface area contributed by atoms with Gasteiger partial charge < -0.3 is 26.1 Å². The minimum atomic E-state index is 0.125. The largest absolute Gasteiger partial charge is 0.497 e. The fraction of sp³-hybridized carbons (Fsp3) is 0.450. The van der Waals surface area contributed by atoms with Crippen LogP contribution in [0.1, 0.15) is 49.8 Å². The number of methoxy groups -OCH3 is 1. The van der Waals surface area contributed by atoms with Crippen molar-refractivity contribution in [2.75, 3.05) is 23.9 Å².